The SMILES string of the molecule is CC(C(=O)Nc1ccc(Cl)c(N)c1)N1CCCC1C(N)=O. The van der Waals surface area contributed by atoms with Gasteiger partial charge in [0.2, 0.25) is 11.8 Å². The molecule has 21 heavy (non-hydrogen) atoms. The molecule has 0 spiro atoms. The molecule has 2 rings (SSSR count). The molecule has 0 radical (unpaired) electrons. The maximum absolute atomic E-state index is 12.3. The third-order valence-corrected chi connectivity index (χ3v) is 4.11. The lowest BCUT2D eigenvalue weighted by atomic mass is 10.1. The van der Waals surface area contributed by atoms with Crippen LogP contribution in [-0.4, -0.2) is 35.3 Å². The normalized spacial score (nSPS) is 20.2. The minimum atomic E-state index is -0.443. The fourth-order valence-corrected chi connectivity index (χ4v) is 2.69. The molecule has 2 unspecified atom stereocenters. The van der Waals surface area contributed by atoms with Crippen molar-refractivity contribution in [3.63, 3.8) is 0 Å². The van der Waals surface area contributed by atoms with Crippen molar-refractivity contribution in [3.05, 3.63) is 23.2 Å². The molecule has 0 bridgehead atoms. The lowest BCUT2D eigenvalue weighted by Crippen LogP contribution is -2.49. The first-order chi connectivity index (χ1) is 9.90. The summed E-state index contributed by atoms with van der Waals surface area (Å²) in [5.41, 5.74) is 12.0. The summed E-state index contributed by atoms with van der Waals surface area (Å²) in [5, 5.41) is 3.21. The van der Waals surface area contributed by atoms with Crippen LogP contribution in [0.4, 0.5) is 11.4 Å². The van der Waals surface area contributed by atoms with Gasteiger partial charge in [-0.15, -0.1) is 0 Å². The highest BCUT2D eigenvalue weighted by molar-refractivity contribution is 6.33. The van der Waals surface area contributed by atoms with Gasteiger partial charge in [-0.25, -0.2) is 0 Å². The van der Waals surface area contributed by atoms with Crippen LogP contribution in [0, 0.1) is 0 Å². The molecule has 1 aliphatic heterocycles. The van der Waals surface area contributed by atoms with E-state index in [1.807, 2.05) is 4.90 Å². The van der Waals surface area contributed by atoms with Gasteiger partial charge >= 0.3 is 0 Å². The first-order valence-electron chi connectivity index (χ1n) is 6.81. The number of likely N-dealkylation sites (tertiary alicyclic amines) is 1. The Morgan fingerprint density at radius 2 is 2.19 bits per heavy atom. The van der Waals surface area contributed by atoms with Crippen molar-refractivity contribution in [1.29, 1.82) is 0 Å². The van der Waals surface area contributed by atoms with Crippen molar-refractivity contribution in [3.8, 4) is 0 Å². The van der Waals surface area contributed by atoms with Gasteiger partial charge in [0.1, 0.15) is 0 Å². The zero-order chi connectivity index (χ0) is 15.6. The van der Waals surface area contributed by atoms with Crippen molar-refractivity contribution < 1.29 is 9.59 Å². The smallest absolute Gasteiger partial charge is 0.241 e. The first-order valence-corrected chi connectivity index (χ1v) is 7.19. The second-order valence-electron chi connectivity index (χ2n) is 5.20. The lowest BCUT2D eigenvalue weighted by Gasteiger charge is -2.27. The number of halogens is 1. The average Bonchev–Trinajstić information content (AvgIpc) is 2.91. The molecule has 0 aliphatic carbocycles. The molecule has 1 fully saturated rings. The third-order valence-electron chi connectivity index (χ3n) is 3.76. The van der Waals surface area contributed by atoms with Gasteiger partial charge < -0.3 is 16.8 Å². The van der Waals surface area contributed by atoms with E-state index < -0.39 is 6.04 Å². The second-order valence-corrected chi connectivity index (χ2v) is 5.61. The zero-order valence-electron chi connectivity index (χ0n) is 11.8. The molecule has 5 N–H and O–H groups in total. The van der Waals surface area contributed by atoms with Gasteiger partial charge in [0, 0.05) is 5.69 Å². The second kappa shape index (κ2) is 6.32. The minimum absolute atomic E-state index is 0.204. The Balaban J connectivity index is 2.05. The molecule has 1 aliphatic rings. The minimum Gasteiger partial charge on any atom is -0.397 e. The molecule has 7 heteroatoms. The summed E-state index contributed by atoms with van der Waals surface area (Å²) < 4.78 is 0. The van der Waals surface area contributed by atoms with Crippen LogP contribution in [0.1, 0.15) is 19.8 Å². The van der Waals surface area contributed by atoms with Crippen LogP contribution in [0.25, 0.3) is 0 Å². The lowest BCUT2D eigenvalue weighted by molar-refractivity contribution is -0.126. The summed E-state index contributed by atoms with van der Waals surface area (Å²) in [6.45, 7) is 2.45. The molecule has 2 amide bonds. The summed E-state index contributed by atoms with van der Waals surface area (Å²) in [6.07, 6.45) is 1.56. The van der Waals surface area contributed by atoms with Crippen LogP contribution in [0.15, 0.2) is 18.2 Å². The topological polar surface area (TPSA) is 101 Å². The maximum atomic E-state index is 12.3. The quantitative estimate of drug-likeness (QED) is 0.727. The Morgan fingerprint density at radius 1 is 1.48 bits per heavy atom. The van der Waals surface area contributed by atoms with Crippen molar-refractivity contribution in [2.24, 2.45) is 5.73 Å². The molecule has 0 saturated carbocycles. The molecule has 1 saturated heterocycles. The van der Waals surface area contributed by atoms with Gasteiger partial charge in [-0.1, -0.05) is 11.6 Å². The van der Waals surface area contributed by atoms with Crippen LogP contribution >= 0.6 is 11.6 Å². The zero-order valence-corrected chi connectivity index (χ0v) is 12.6. The Bertz CT molecular complexity index is 564. The molecule has 1 heterocycles. The largest absolute Gasteiger partial charge is 0.397 e. The number of carbonyl (C=O) groups is 2. The Morgan fingerprint density at radius 3 is 2.81 bits per heavy atom. The van der Waals surface area contributed by atoms with E-state index in [-0.39, 0.29) is 17.9 Å². The maximum Gasteiger partial charge on any atom is 0.241 e. The molecule has 114 valence electrons. The Kier molecular flexibility index (Phi) is 4.69. The number of rotatable bonds is 4. The van der Waals surface area contributed by atoms with E-state index in [0.29, 0.717) is 29.4 Å². The number of hydrogen-bond acceptors (Lipinski definition) is 4. The van der Waals surface area contributed by atoms with E-state index in [0.717, 1.165) is 6.42 Å². The van der Waals surface area contributed by atoms with E-state index in [2.05, 4.69) is 5.32 Å². The van der Waals surface area contributed by atoms with E-state index in [9.17, 15) is 9.59 Å². The fourth-order valence-electron chi connectivity index (χ4n) is 2.58. The van der Waals surface area contributed by atoms with E-state index in [1.165, 1.54) is 0 Å². The molecule has 1 aromatic carbocycles. The number of primary amides is 1. The number of benzene rings is 1. The Labute approximate surface area is 128 Å². The highest BCUT2D eigenvalue weighted by Crippen LogP contribution is 2.24. The Hall–Kier alpha value is -1.79. The number of nitrogen functional groups attached to an aromatic ring is 1. The number of anilines is 2. The van der Waals surface area contributed by atoms with Gasteiger partial charge in [0.15, 0.2) is 0 Å². The van der Waals surface area contributed by atoms with Crippen molar-refractivity contribution >= 4 is 34.8 Å². The number of nitrogens with two attached hydrogens (primary N) is 2. The molecule has 0 aromatic heterocycles. The summed E-state index contributed by atoms with van der Waals surface area (Å²) >= 11 is 5.84. The molecular formula is C14H19ClN4O2. The monoisotopic (exact) mass is 310 g/mol. The highest BCUT2D eigenvalue weighted by atomic mass is 35.5. The van der Waals surface area contributed by atoms with Crippen molar-refractivity contribution in [1.82, 2.24) is 4.90 Å². The van der Waals surface area contributed by atoms with Crippen LogP contribution < -0.4 is 16.8 Å². The molecule has 6 nitrogen and oxygen atoms in total. The van der Waals surface area contributed by atoms with Crippen molar-refractivity contribution in [2.75, 3.05) is 17.6 Å². The fraction of sp³-hybridized carbons (Fsp3) is 0.429. The van der Waals surface area contributed by atoms with Gasteiger partial charge in [-0.3, -0.25) is 14.5 Å². The summed E-state index contributed by atoms with van der Waals surface area (Å²) in [5.74, 6) is -0.590. The van der Waals surface area contributed by atoms with Gasteiger partial charge in [-0.05, 0) is 44.5 Å². The average molecular weight is 311 g/mol. The van der Waals surface area contributed by atoms with Gasteiger partial charge in [0.25, 0.3) is 0 Å². The molecule has 1 aromatic rings. The van der Waals surface area contributed by atoms with Crippen LogP contribution in [-0.2, 0) is 9.59 Å². The molecular weight excluding hydrogens is 292 g/mol. The number of hydrogen-bond donors (Lipinski definition) is 3. The van der Waals surface area contributed by atoms with E-state index in [4.69, 9.17) is 23.1 Å². The van der Waals surface area contributed by atoms with E-state index >= 15 is 0 Å². The van der Waals surface area contributed by atoms with E-state index in [1.54, 1.807) is 25.1 Å². The summed E-state index contributed by atoms with van der Waals surface area (Å²) in [7, 11) is 0. The van der Waals surface area contributed by atoms with Gasteiger partial charge in [-0.2, -0.15) is 0 Å². The third kappa shape index (κ3) is 3.46. The predicted octanol–water partition coefficient (Wildman–Crippen LogP) is 1.20. The summed E-state index contributed by atoms with van der Waals surface area (Å²) in [6, 6.07) is 4.09. The van der Waals surface area contributed by atoms with Crippen LogP contribution in [0.2, 0.25) is 5.02 Å². The van der Waals surface area contributed by atoms with Crippen LogP contribution in [0.5, 0.6) is 0 Å². The number of amides is 2. The highest BCUT2D eigenvalue weighted by Gasteiger charge is 2.35. The van der Waals surface area contributed by atoms with Gasteiger partial charge in [0.05, 0.1) is 22.8 Å². The number of nitrogens with zero attached hydrogens (tertiary/aromatic N) is 1. The standard InChI is InChI=1S/C14H19ClN4O2/c1-8(19-6-2-3-12(19)13(17)20)14(21)18-9-4-5-10(15)11(16)7-9/h4-5,7-8,12H,2-3,6,16H2,1H3,(H2,17,20)(H,18,21). The first kappa shape index (κ1) is 15.6. The number of nitrogens with one attached hydrogen (secondary N) is 1. The molecule has 2 atom stereocenters. The summed E-state index contributed by atoms with van der Waals surface area (Å²) in [4.78, 5) is 25.5. The predicted molar refractivity (Wildman–Crippen MR) is 82.9 cm³/mol. The van der Waals surface area contributed by atoms with Crippen LogP contribution in [0.3, 0.4) is 0 Å². The number of carbonyl (C=O) groups excluding carboxylic acids is 2. The van der Waals surface area contributed by atoms with Crippen molar-refractivity contribution in [2.45, 2.75) is 31.8 Å².